The molecule has 0 aliphatic carbocycles. The Morgan fingerprint density at radius 3 is 2.11 bits per heavy atom. The fourth-order valence-corrected chi connectivity index (χ4v) is 0.589. The molecule has 0 aromatic heterocycles. The lowest BCUT2D eigenvalue weighted by atomic mass is 10.2. The van der Waals surface area contributed by atoms with Crippen molar-refractivity contribution < 1.29 is 4.74 Å². The molecule has 0 heterocycles. The Labute approximate surface area is 57.7 Å². The van der Waals surface area contributed by atoms with Gasteiger partial charge in [0.2, 0.25) is 0 Å². The van der Waals surface area contributed by atoms with Crippen LogP contribution in [0.1, 0.15) is 34.1 Å². The van der Waals surface area contributed by atoms with E-state index >= 15 is 0 Å². The minimum atomic E-state index is 0.781. The van der Waals surface area contributed by atoms with Crippen LogP contribution in [0.25, 0.3) is 0 Å². The zero-order chi connectivity index (χ0) is 7.28. The average molecular weight is 128 g/mol. The highest BCUT2D eigenvalue weighted by molar-refractivity contribution is 5.01. The van der Waals surface area contributed by atoms with E-state index in [1.54, 1.807) is 0 Å². The van der Waals surface area contributed by atoms with Gasteiger partial charge >= 0.3 is 0 Å². The van der Waals surface area contributed by atoms with Crippen molar-refractivity contribution in [1.82, 2.24) is 0 Å². The number of hydrogen-bond acceptors (Lipinski definition) is 1. The van der Waals surface area contributed by atoms with Gasteiger partial charge in [-0.3, -0.25) is 0 Å². The Hall–Kier alpha value is -0.460. The molecule has 0 unspecified atom stereocenters. The molecular weight excluding hydrogens is 112 g/mol. The van der Waals surface area contributed by atoms with Crippen LogP contribution in [0.5, 0.6) is 0 Å². The Kier molecular flexibility index (Phi) is 4.20. The summed E-state index contributed by atoms with van der Waals surface area (Å²) in [7, 11) is 0. The number of rotatable bonds is 3. The third kappa shape index (κ3) is 3.17. The quantitative estimate of drug-likeness (QED) is 0.531. The Morgan fingerprint density at radius 2 is 1.78 bits per heavy atom. The second-order valence-electron chi connectivity index (χ2n) is 2.12. The van der Waals surface area contributed by atoms with Crippen LogP contribution in [0.15, 0.2) is 11.3 Å². The zero-order valence-electron chi connectivity index (χ0n) is 6.82. The van der Waals surface area contributed by atoms with Crippen LogP contribution in [0, 0.1) is 0 Å². The highest BCUT2D eigenvalue weighted by Crippen LogP contribution is 2.07. The van der Waals surface area contributed by atoms with E-state index in [0.717, 1.165) is 18.8 Å². The van der Waals surface area contributed by atoms with Crippen molar-refractivity contribution in [3.63, 3.8) is 0 Å². The van der Waals surface area contributed by atoms with Crippen LogP contribution in [0.4, 0.5) is 0 Å². The van der Waals surface area contributed by atoms with Gasteiger partial charge in [0.25, 0.3) is 0 Å². The average Bonchev–Trinajstić information content (AvgIpc) is 1.87. The third-order valence-corrected chi connectivity index (χ3v) is 1.49. The molecule has 0 saturated heterocycles. The van der Waals surface area contributed by atoms with Gasteiger partial charge in [-0.15, -0.1) is 0 Å². The van der Waals surface area contributed by atoms with E-state index in [-0.39, 0.29) is 0 Å². The monoisotopic (exact) mass is 128 g/mol. The molecule has 0 aliphatic rings. The van der Waals surface area contributed by atoms with Crippen molar-refractivity contribution >= 4 is 0 Å². The van der Waals surface area contributed by atoms with Crippen molar-refractivity contribution in [1.29, 1.82) is 0 Å². The van der Waals surface area contributed by atoms with E-state index in [4.69, 9.17) is 4.74 Å². The highest BCUT2D eigenvalue weighted by Gasteiger charge is 1.91. The molecule has 0 radical (unpaired) electrons. The van der Waals surface area contributed by atoms with Crippen LogP contribution in [0.3, 0.4) is 0 Å². The van der Waals surface area contributed by atoms with E-state index in [1.165, 1.54) is 5.57 Å². The molecule has 0 bridgehead atoms. The molecule has 1 nitrogen and oxygen atoms in total. The molecule has 0 aromatic rings. The van der Waals surface area contributed by atoms with Crippen LogP contribution < -0.4 is 0 Å². The van der Waals surface area contributed by atoms with Crippen molar-refractivity contribution in [2.45, 2.75) is 34.1 Å². The predicted octanol–water partition coefficient (Wildman–Crippen LogP) is 2.73. The normalized spacial score (nSPS) is 12.9. The summed E-state index contributed by atoms with van der Waals surface area (Å²) in [6.07, 6.45) is 1.09. The summed E-state index contributed by atoms with van der Waals surface area (Å²) < 4.78 is 5.27. The van der Waals surface area contributed by atoms with E-state index in [0.29, 0.717) is 0 Å². The van der Waals surface area contributed by atoms with Gasteiger partial charge in [-0.2, -0.15) is 0 Å². The molecule has 0 fully saturated rings. The van der Waals surface area contributed by atoms with E-state index < -0.39 is 0 Å². The van der Waals surface area contributed by atoms with Crippen LogP contribution in [0.2, 0.25) is 0 Å². The lowest BCUT2D eigenvalue weighted by Gasteiger charge is -2.05. The van der Waals surface area contributed by atoms with Gasteiger partial charge in [-0.1, -0.05) is 6.92 Å². The predicted molar refractivity (Wildman–Crippen MR) is 40.3 cm³/mol. The van der Waals surface area contributed by atoms with Crippen molar-refractivity contribution in [2.24, 2.45) is 0 Å². The number of hydrogen-bond donors (Lipinski definition) is 0. The Balaban J connectivity index is 3.78. The summed E-state index contributed by atoms with van der Waals surface area (Å²) in [4.78, 5) is 0. The molecule has 9 heavy (non-hydrogen) atoms. The summed E-state index contributed by atoms with van der Waals surface area (Å²) in [5, 5.41) is 0. The molecule has 0 aliphatic heterocycles. The maximum atomic E-state index is 5.27. The second-order valence-corrected chi connectivity index (χ2v) is 2.12. The first-order valence-corrected chi connectivity index (χ1v) is 3.51. The van der Waals surface area contributed by atoms with Crippen LogP contribution >= 0.6 is 0 Å². The Morgan fingerprint density at radius 1 is 1.22 bits per heavy atom. The standard InChI is InChI=1S/C8H16O/c1-5-7(3)8(4)9-6-2/h5-6H2,1-4H3/b8-7-. The molecule has 1 heteroatoms. The first kappa shape index (κ1) is 8.54. The lowest BCUT2D eigenvalue weighted by molar-refractivity contribution is 0.227. The summed E-state index contributed by atoms with van der Waals surface area (Å²) >= 11 is 0. The SMILES string of the molecule is CCO/C(C)=C(/C)CC. The van der Waals surface area contributed by atoms with Gasteiger partial charge in [0.1, 0.15) is 0 Å². The summed E-state index contributed by atoms with van der Waals surface area (Å²) in [6.45, 7) is 9.04. The molecule has 0 atom stereocenters. The van der Waals surface area contributed by atoms with E-state index in [1.807, 2.05) is 13.8 Å². The van der Waals surface area contributed by atoms with Crippen molar-refractivity contribution in [3.05, 3.63) is 11.3 Å². The topological polar surface area (TPSA) is 9.23 Å². The largest absolute Gasteiger partial charge is 0.499 e. The van der Waals surface area contributed by atoms with E-state index in [9.17, 15) is 0 Å². The van der Waals surface area contributed by atoms with Gasteiger partial charge in [0.15, 0.2) is 0 Å². The summed E-state index contributed by atoms with van der Waals surface area (Å²) in [5.41, 5.74) is 1.34. The molecule has 0 amide bonds. The van der Waals surface area contributed by atoms with Gasteiger partial charge in [0.05, 0.1) is 12.4 Å². The number of allylic oxidation sites excluding steroid dienone is 2. The van der Waals surface area contributed by atoms with Crippen LogP contribution in [-0.2, 0) is 4.74 Å². The summed E-state index contributed by atoms with van der Waals surface area (Å²) in [5.74, 6) is 1.08. The first-order chi connectivity index (χ1) is 4.22. The second kappa shape index (κ2) is 4.42. The smallest absolute Gasteiger partial charge is 0.0917 e. The highest BCUT2D eigenvalue weighted by atomic mass is 16.5. The molecule has 0 spiro atoms. The maximum Gasteiger partial charge on any atom is 0.0917 e. The zero-order valence-corrected chi connectivity index (χ0v) is 6.82. The van der Waals surface area contributed by atoms with E-state index in [2.05, 4.69) is 13.8 Å². The number of ether oxygens (including phenoxy) is 1. The molecule has 54 valence electrons. The lowest BCUT2D eigenvalue weighted by Crippen LogP contribution is -1.89. The minimum Gasteiger partial charge on any atom is -0.499 e. The molecule has 0 rings (SSSR count). The van der Waals surface area contributed by atoms with Gasteiger partial charge < -0.3 is 4.74 Å². The van der Waals surface area contributed by atoms with Gasteiger partial charge in [-0.05, 0) is 32.8 Å². The Bertz CT molecular complexity index is 103. The third-order valence-electron chi connectivity index (χ3n) is 1.49. The minimum absolute atomic E-state index is 0.781. The first-order valence-electron chi connectivity index (χ1n) is 3.51. The molecule has 0 N–H and O–H groups in total. The van der Waals surface area contributed by atoms with Crippen molar-refractivity contribution in [2.75, 3.05) is 6.61 Å². The molecule has 0 saturated carbocycles. The molecular formula is C8H16O. The van der Waals surface area contributed by atoms with Crippen molar-refractivity contribution in [3.8, 4) is 0 Å². The summed E-state index contributed by atoms with van der Waals surface area (Å²) in [6, 6.07) is 0. The van der Waals surface area contributed by atoms with Gasteiger partial charge in [0, 0.05) is 0 Å². The fraction of sp³-hybridized carbons (Fsp3) is 0.750. The molecule has 0 aromatic carbocycles. The maximum absolute atomic E-state index is 5.27. The van der Waals surface area contributed by atoms with Gasteiger partial charge in [-0.25, -0.2) is 0 Å². The van der Waals surface area contributed by atoms with Crippen LogP contribution in [-0.4, -0.2) is 6.61 Å². The fourth-order valence-electron chi connectivity index (χ4n) is 0.589.